The summed E-state index contributed by atoms with van der Waals surface area (Å²) in [5, 5.41) is 1.97. The van der Waals surface area contributed by atoms with E-state index in [2.05, 4.69) is 9.71 Å². The van der Waals surface area contributed by atoms with Crippen molar-refractivity contribution in [2.45, 2.75) is 37.5 Å². The van der Waals surface area contributed by atoms with Crippen molar-refractivity contribution in [2.75, 3.05) is 6.54 Å². The summed E-state index contributed by atoms with van der Waals surface area (Å²) >= 11 is 1.57. The molecular formula is C19H20N2O3S2. The van der Waals surface area contributed by atoms with E-state index in [4.69, 9.17) is 4.42 Å². The molecule has 0 unspecified atom stereocenters. The molecule has 136 valence electrons. The van der Waals surface area contributed by atoms with Gasteiger partial charge in [0.15, 0.2) is 0 Å². The Labute approximate surface area is 157 Å². The van der Waals surface area contributed by atoms with Gasteiger partial charge in [-0.3, -0.25) is 0 Å². The summed E-state index contributed by atoms with van der Waals surface area (Å²) in [5.74, 6) is 1.32. The van der Waals surface area contributed by atoms with Crippen LogP contribution >= 0.6 is 11.3 Å². The first-order valence-electron chi connectivity index (χ1n) is 8.64. The summed E-state index contributed by atoms with van der Waals surface area (Å²) in [6.07, 6.45) is 3.60. The topological polar surface area (TPSA) is 72.2 Å². The number of sulfonamides is 1. The fourth-order valence-electron chi connectivity index (χ4n) is 3.27. The standard InChI is InChI=1S/C19H20N2O3S2/c1-13-17(21-19(24-13)18-6-3-11-25-18)9-10-20-26(22,23)16-8-7-14-4-2-5-15(14)12-16/h3,6-8,11-12,20H,2,4-5,9-10H2,1H3. The number of aromatic nitrogens is 1. The quantitative estimate of drug-likeness (QED) is 0.698. The van der Waals surface area contributed by atoms with Crippen LogP contribution in [-0.4, -0.2) is 19.9 Å². The van der Waals surface area contributed by atoms with Gasteiger partial charge in [-0.25, -0.2) is 18.1 Å². The first kappa shape index (κ1) is 17.5. The highest BCUT2D eigenvalue weighted by Crippen LogP contribution is 2.26. The van der Waals surface area contributed by atoms with Gasteiger partial charge in [0.1, 0.15) is 5.76 Å². The Morgan fingerprint density at radius 3 is 2.88 bits per heavy atom. The van der Waals surface area contributed by atoms with Crippen molar-refractivity contribution in [1.29, 1.82) is 0 Å². The van der Waals surface area contributed by atoms with E-state index in [0.717, 1.165) is 41.2 Å². The van der Waals surface area contributed by atoms with Crippen molar-refractivity contribution in [3.8, 4) is 10.8 Å². The van der Waals surface area contributed by atoms with E-state index < -0.39 is 10.0 Å². The molecule has 0 radical (unpaired) electrons. The zero-order chi connectivity index (χ0) is 18.1. The van der Waals surface area contributed by atoms with Gasteiger partial charge < -0.3 is 4.42 Å². The highest BCUT2D eigenvalue weighted by atomic mass is 32.2. The molecule has 3 aromatic rings. The number of nitrogens with one attached hydrogen (secondary N) is 1. The van der Waals surface area contributed by atoms with Gasteiger partial charge in [-0.15, -0.1) is 11.3 Å². The van der Waals surface area contributed by atoms with Crippen LogP contribution in [0.25, 0.3) is 10.8 Å². The first-order chi connectivity index (χ1) is 12.5. The van der Waals surface area contributed by atoms with E-state index in [-0.39, 0.29) is 6.54 Å². The first-order valence-corrected chi connectivity index (χ1v) is 11.0. The second kappa shape index (κ2) is 6.98. The van der Waals surface area contributed by atoms with Crippen molar-refractivity contribution in [3.63, 3.8) is 0 Å². The summed E-state index contributed by atoms with van der Waals surface area (Å²) in [6, 6.07) is 9.34. The number of fused-ring (bicyclic) bond motifs is 1. The molecule has 0 atom stereocenters. The highest BCUT2D eigenvalue weighted by Gasteiger charge is 2.19. The molecule has 0 saturated carbocycles. The molecule has 2 aromatic heterocycles. The molecule has 0 fully saturated rings. The van der Waals surface area contributed by atoms with Crippen LogP contribution in [-0.2, 0) is 29.3 Å². The SMILES string of the molecule is Cc1oc(-c2cccs2)nc1CCNS(=O)(=O)c1ccc2c(c1)CCC2. The highest BCUT2D eigenvalue weighted by molar-refractivity contribution is 7.89. The molecule has 1 aliphatic rings. The number of aryl methyl sites for hydroxylation is 3. The number of oxazole rings is 1. The van der Waals surface area contributed by atoms with E-state index in [1.807, 2.05) is 30.5 Å². The molecule has 0 saturated heterocycles. The van der Waals surface area contributed by atoms with Gasteiger partial charge in [0.2, 0.25) is 15.9 Å². The Balaban J connectivity index is 1.43. The van der Waals surface area contributed by atoms with Gasteiger partial charge in [-0.2, -0.15) is 0 Å². The fourth-order valence-corrected chi connectivity index (χ4v) is 5.00. The predicted molar refractivity (Wildman–Crippen MR) is 102 cm³/mol. The normalized spacial score (nSPS) is 13.9. The lowest BCUT2D eigenvalue weighted by Crippen LogP contribution is -2.26. The van der Waals surface area contributed by atoms with Crippen LogP contribution in [0.2, 0.25) is 0 Å². The fraction of sp³-hybridized carbons (Fsp3) is 0.316. The Morgan fingerprint density at radius 1 is 1.23 bits per heavy atom. The molecule has 5 nitrogen and oxygen atoms in total. The van der Waals surface area contributed by atoms with Crippen LogP contribution in [0.1, 0.15) is 29.0 Å². The molecule has 0 amide bonds. The summed E-state index contributed by atoms with van der Waals surface area (Å²) in [7, 11) is -3.51. The number of hydrogen-bond acceptors (Lipinski definition) is 5. The Morgan fingerprint density at radius 2 is 2.08 bits per heavy atom. The van der Waals surface area contributed by atoms with Crippen molar-refractivity contribution in [1.82, 2.24) is 9.71 Å². The summed E-state index contributed by atoms with van der Waals surface area (Å²) < 4.78 is 33.5. The Hall–Kier alpha value is -1.96. The average molecular weight is 389 g/mol. The third-order valence-electron chi connectivity index (χ3n) is 4.66. The molecule has 1 aromatic carbocycles. The zero-order valence-corrected chi connectivity index (χ0v) is 16.1. The molecule has 26 heavy (non-hydrogen) atoms. The van der Waals surface area contributed by atoms with Gasteiger partial charge in [0.05, 0.1) is 15.5 Å². The molecule has 1 aliphatic carbocycles. The summed E-state index contributed by atoms with van der Waals surface area (Å²) in [5.41, 5.74) is 3.20. The van der Waals surface area contributed by atoms with Crippen LogP contribution in [0, 0.1) is 6.92 Å². The number of hydrogen-bond donors (Lipinski definition) is 1. The number of rotatable bonds is 6. The Bertz CT molecular complexity index is 1020. The number of thiophene rings is 1. The summed E-state index contributed by atoms with van der Waals surface area (Å²) in [4.78, 5) is 5.81. The van der Waals surface area contributed by atoms with E-state index in [9.17, 15) is 8.42 Å². The Kier molecular flexibility index (Phi) is 4.69. The smallest absolute Gasteiger partial charge is 0.240 e. The van der Waals surface area contributed by atoms with Crippen molar-refractivity contribution in [3.05, 3.63) is 58.3 Å². The number of benzene rings is 1. The largest absolute Gasteiger partial charge is 0.440 e. The maximum Gasteiger partial charge on any atom is 0.240 e. The van der Waals surface area contributed by atoms with Crippen molar-refractivity contribution in [2.24, 2.45) is 0 Å². The molecule has 4 rings (SSSR count). The van der Waals surface area contributed by atoms with Gasteiger partial charge in [0.25, 0.3) is 0 Å². The molecule has 1 N–H and O–H groups in total. The van der Waals surface area contributed by atoms with E-state index >= 15 is 0 Å². The minimum Gasteiger partial charge on any atom is -0.440 e. The van der Waals surface area contributed by atoms with Crippen LogP contribution in [0.3, 0.4) is 0 Å². The molecule has 0 bridgehead atoms. The minimum atomic E-state index is -3.51. The van der Waals surface area contributed by atoms with Crippen LogP contribution in [0.15, 0.2) is 45.0 Å². The lowest BCUT2D eigenvalue weighted by atomic mass is 10.1. The molecule has 2 heterocycles. The van der Waals surface area contributed by atoms with Crippen LogP contribution in [0.5, 0.6) is 0 Å². The lowest BCUT2D eigenvalue weighted by Gasteiger charge is -2.08. The summed E-state index contributed by atoms with van der Waals surface area (Å²) in [6.45, 7) is 2.14. The second-order valence-electron chi connectivity index (χ2n) is 6.43. The third-order valence-corrected chi connectivity index (χ3v) is 6.98. The number of nitrogens with zero attached hydrogens (tertiary/aromatic N) is 1. The molecule has 0 aliphatic heterocycles. The minimum absolute atomic E-state index is 0.288. The second-order valence-corrected chi connectivity index (χ2v) is 9.15. The monoisotopic (exact) mass is 388 g/mol. The van der Waals surface area contributed by atoms with Crippen LogP contribution in [0.4, 0.5) is 0 Å². The maximum absolute atomic E-state index is 12.5. The van der Waals surface area contributed by atoms with Gasteiger partial charge in [0, 0.05) is 13.0 Å². The van der Waals surface area contributed by atoms with E-state index in [1.165, 1.54) is 5.56 Å². The molecular weight excluding hydrogens is 368 g/mol. The van der Waals surface area contributed by atoms with Gasteiger partial charge in [-0.05, 0) is 60.9 Å². The average Bonchev–Trinajstić information content (AvgIpc) is 3.35. The molecule has 0 spiro atoms. The van der Waals surface area contributed by atoms with E-state index in [1.54, 1.807) is 23.5 Å². The van der Waals surface area contributed by atoms with Crippen molar-refractivity contribution >= 4 is 21.4 Å². The maximum atomic E-state index is 12.5. The third kappa shape index (κ3) is 3.47. The predicted octanol–water partition coefficient (Wildman–Crippen LogP) is 3.72. The van der Waals surface area contributed by atoms with E-state index in [0.29, 0.717) is 17.2 Å². The zero-order valence-electron chi connectivity index (χ0n) is 14.5. The van der Waals surface area contributed by atoms with Gasteiger partial charge in [-0.1, -0.05) is 12.1 Å². The van der Waals surface area contributed by atoms with Crippen molar-refractivity contribution < 1.29 is 12.8 Å². The molecule has 7 heteroatoms. The lowest BCUT2D eigenvalue weighted by molar-refractivity contribution is 0.539. The van der Waals surface area contributed by atoms with Crippen LogP contribution < -0.4 is 4.72 Å². The van der Waals surface area contributed by atoms with Gasteiger partial charge >= 0.3 is 0 Å².